The number of methoxy groups -OCH3 is 2. The van der Waals surface area contributed by atoms with Gasteiger partial charge in [0.25, 0.3) is 25.3 Å². The molecule has 16 nitrogen and oxygen atoms in total. The number of esters is 2. The highest BCUT2D eigenvalue weighted by Crippen LogP contribution is 2.12. The third-order valence-corrected chi connectivity index (χ3v) is 10.4. The Hall–Kier alpha value is -6.55. The molecule has 0 fully saturated rings. The van der Waals surface area contributed by atoms with Crippen molar-refractivity contribution in [3.63, 3.8) is 0 Å². The smallest absolute Gasteiger partial charge is 0.412 e. The van der Waals surface area contributed by atoms with E-state index in [1.165, 1.54) is 14.2 Å². The minimum absolute atomic E-state index is 0. The molecule has 0 saturated carbocycles. The minimum atomic E-state index is -0.713. The summed E-state index contributed by atoms with van der Waals surface area (Å²) in [4.78, 5) is 73.1. The number of hydrogen-bond acceptors (Lipinski definition) is 10. The first kappa shape index (κ1) is 54.6. The number of ether oxygens (including phenoxy) is 4. The maximum absolute atomic E-state index is 12.5. The van der Waals surface area contributed by atoms with Gasteiger partial charge in [-0.25, -0.2) is 19.2 Å². The molecule has 0 aliphatic rings. The lowest BCUT2D eigenvalue weighted by molar-refractivity contribution is -0.727. The number of carbonyl (C=O) groups is 6. The zero-order valence-corrected chi connectivity index (χ0v) is 39.2. The van der Waals surface area contributed by atoms with E-state index in [1.807, 2.05) is 102 Å². The molecule has 65 heavy (non-hydrogen) atoms. The Morgan fingerprint density at radius 3 is 1.12 bits per heavy atom. The predicted octanol–water partition coefficient (Wildman–Crippen LogP) is 2.22. The second kappa shape index (κ2) is 29.0. The average Bonchev–Trinajstić information content (AvgIpc) is 3.31. The lowest BCUT2D eigenvalue weighted by Gasteiger charge is -2.21. The molecule has 6 atom stereocenters. The maximum atomic E-state index is 12.5. The van der Waals surface area contributed by atoms with Gasteiger partial charge < -0.3 is 52.6 Å². The second-order valence-electron chi connectivity index (χ2n) is 15.5. The van der Waals surface area contributed by atoms with E-state index in [4.69, 9.17) is 18.9 Å². The van der Waals surface area contributed by atoms with Crippen LogP contribution < -0.4 is 42.8 Å². The lowest BCUT2D eigenvalue weighted by atomic mass is 9.99. The summed E-state index contributed by atoms with van der Waals surface area (Å²) in [6.45, 7) is 11.5. The molecule has 352 valence electrons. The van der Waals surface area contributed by atoms with Gasteiger partial charge in [0.15, 0.2) is 24.8 Å². The van der Waals surface area contributed by atoms with Crippen LogP contribution >= 0.6 is 0 Å². The van der Waals surface area contributed by atoms with Crippen molar-refractivity contribution in [2.75, 3.05) is 14.2 Å². The minimum Gasteiger partial charge on any atom is -1.00 e. The molecule has 4 amide bonds. The van der Waals surface area contributed by atoms with Crippen molar-refractivity contribution >= 4 is 35.9 Å². The first-order valence-corrected chi connectivity index (χ1v) is 21.4. The summed E-state index contributed by atoms with van der Waals surface area (Å²) in [5, 5.41) is 11.1. The van der Waals surface area contributed by atoms with Crippen molar-refractivity contribution in [3.8, 4) is 0 Å². The summed E-state index contributed by atoms with van der Waals surface area (Å²) in [5.41, 5.74) is 3.04. The third-order valence-electron chi connectivity index (χ3n) is 10.4. The number of hydrogen-bond donors (Lipinski definition) is 4. The molecule has 2 aromatic heterocycles. The summed E-state index contributed by atoms with van der Waals surface area (Å²) >= 11 is 0. The number of rotatable bonds is 20. The molecule has 0 aliphatic carbocycles. The van der Waals surface area contributed by atoms with E-state index in [0.29, 0.717) is 24.0 Å². The molecule has 0 unspecified atom stereocenters. The SMILES string of the molecule is CC[C@H](C)[C@H](NC(=O)c1cc[n+](COC(=O)N[C@@H](C)Cc2ccccc2)cc1)C(=O)OC.CC[C@H](C)[C@H](NC(=O)c1cc[n+](COC(=O)N[C@@H](C)Cc2ccccc2)cc1)C(=O)OC.[Cl-]. The van der Waals surface area contributed by atoms with Crippen molar-refractivity contribution in [3.05, 3.63) is 132 Å². The predicted molar refractivity (Wildman–Crippen MR) is 237 cm³/mol. The number of halogens is 1. The molecule has 0 bridgehead atoms. The Bertz CT molecular complexity index is 1930. The Morgan fingerprint density at radius 1 is 0.508 bits per heavy atom. The van der Waals surface area contributed by atoms with Crippen molar-refractivity contribution < 1.29 is 69.3 Å². The van der Waals surface area contributed by atoms with Crippen LogP contribution in [0.2, 0.25) is 0 Å². The summed E-state index contributed by atoms with van der Waals surface area (Å²) in [7, 11) is 2.60. The highest BCUT2D eigenvalue weighted by atomic mass is 35.5. The van der Waals surface area contributed by atoms with E-state index in [0.717, 1.165) is 24.0 Å². The summed E-state index contributed by atoms with van der Waals surface area (Å²) in [5.74, 6) is -1.81. The maximum Gasteiger partial charge on any atom is 0.412 e. The molecule has 0 aliphatic heterocycles. The van der Waals surface area contributed by atoms with Crippen LogP contribution in [0.3, 0.4) is 0 Å². The van der Waals surface area contributed by atoms with Gasteiger partial charge in [-0.2, -0.15) is 9.13 Å². The molecule has 4 aromatic rings. The van der Waals surface area contributed by atoms with E-state index >= 15 is 0 Å². The highest BCUT2D eigenvalue weighted by molar-refractivity contribution is 5.97. The topological polar surface area (TPSA) is 195 Å². The van der Waals surface area contributed by atoms with E-state index < -0.39 is 36.2 Å². The summed E-state index contributed by atoms with van der Waals surface area (Å²) in [6, 6.07) is 24.6. The van der Waals surface area contributed by atoms with Gasteiger partial charge >= 0.3 is 24.1 Å². The van der Waals surface area contributed by atoms with Crippen LogP contribution in [0.25, 0.3) is 0 Å². The number of pyridine rings is 2. The van der Waals surface area contributed by atoms with Crippen LogP contribution in [0.1, 0.15) is 86.2 Å². The molecular weight excluding hydrogens is 856 g/mol. The monoisotopic (exact) mass is 919 g/mol. The number of amides is 4. The molecule has 4 rings (SSSR count). The average molecular weight is 921 g/mol. The number of nitrogens with one attached hydrogen (secondary N) is 4. The van der Waals surface area contributed by atoms with Gasteiger partial charge in [-0.15, -0.1) is 0 Å². The first-order valence-electron chi connectivity index (χ1n) is 21.4. The normalized spacial score (nSPS) is 13.2. The lowest BCUT2D eigenvalue weighted by Crippen LogP contribution is -3.00. The Morgan fingerprint density at radius 2 is 0.831 bits per heavy atom. The first-order chi connectivity index (χ1) is 30.7. The van der Waals surface area contributed by atoms with E-state index in [9.17, 15) is 28.8 Å². The van der Waals surface area contributed by atoms with E-state index in [1.54, 1.807) is 58.2 Å². The van der Waals surface area contributed by atoms with Crippen molar-refractivity contribution in [2.24, 2.45) is 11.8 Å². The summed E-state index contributed by atoms with van der Waals surface area (Å²) in [6.07, 6.45) is 8.34. The van der Waals surface area contributed by atoms with Crippen LogP contribution in [-0.4, -0.2) is 74.3 Å². The quantitative estimate of drug-likeness (QED) is 0.0581. The molecule has 0 saturated heterocycles. The van der Waals surface area contributed by atoms with Gasteiger partial charge in [-0.3, -0.25) is 9.59 Å². The van der Waals surface area contributed by atoms with Crippen LogP contribution in [0.4, 0.5) is 9.59 Å². The van der Waals surface area contributed by atoms with Gasteiger partial charge in [0.05, 0.1) is 25.3 Å². The molecule has 0 radical (unpaired) electrons. The largest absolute Gasteiger partial charge is 1.00 e. The number of carbonyl (C=O) groups excluding carboxylic acids is 6. The standard InChI is InChI=1S/2C24H31N3O5.ClH/c2*1-5-17(2)21(23(29)31-4)26-22(28)20-11-13-27(14-12-20)16-32-24(30)25-18(3)15-19-9-7-6-8-10-19;/h2*6-14,17-18,21H,5,15-16H2,1-4H3,(H-,25,26,28,30);1H/p+1/t2*17-,18-,21-;/m00./s1. The molecule has 4 N–H and O–H groups in total. The number of alkyl carbamates (subject to hydrolysis) is 2. The van der Waals surface area contributed by atoms with Crippen LogP contribution in [0.15, 0.2) is 110 Å². The Kier molecular flexibility index (Phi) is 24.4. The highest BCUT2D eigenvalue weighted by Gasteiger charge is 2.28. The van der Waals surface area contributed by atoms with E-state index in [-0.39, 0.29) is 61.6 Å². The van der Waals surface area contributed by atoms with Crippen LogP contribution in [0.5, 0.6) is 0 Å². The fourth-order valence-electron chi connectivity index (χ4n) is 6.22. The molecule has 2 heterocycles. The zero-order valence-electron chi connectivity index (χ0n) is 38.5. The Labute approximate surface area is 388 Å². The zero-order chi connectivity index (χ0) is 47.0. The van der Waals surface area contributed by atoms with Crippen molar-refractivity contribution in [2.45, 2.75) is 105 Å². The fourth-order valence-corrected chi connectivity index (χ4v) is 6.22. The van der Waals surface area contributed by atoms with Crippen LogP contribution in [0, 0.1) is 11.8 Å². The fraction of sp³-hybridized carbons (Fsp3) is 0.417. The van der Waals surface area contributed by atoms with Gasteiger partial charge in [-0.05, 0) is 49.7 Å². The third kappa shape index (κ3) is 19.4. The van der Waals surface area contributed by atoms with Gasteiger partial charge in [0.2, 0.25) is 0 Å². The molecule has 17 heteroatoms. The second-order valence-corrected chi connectivity index (χ2v) is 15.5. The molecule has 0 spiro atoms. The Balaban J connectivity index is 0.000000440. The van der Waals surface area contributed by atoms with Gasteiger partial charge in [-0.1, -0.05) is 101 Å². The van der Waals surface area contributed by atoms with Gasteiger partial charge in [0, 0.05) is 36.3 Å². The van der Waals surface area contributed by atoms with Crippen molar-refractivity contribution in [1.82, 2.24) is 21.3 Å². The number of nitrogens with zero attached hydrogens (tertiary/aromatic N) is 2. The summed E-state index contributed by atoms with van der Waals surface area (Å²) < 4.78 is 23.3. The van der Waals surface area contributed by atoms with Gasteiger partial charge in [0.1, 0.15) is 12.1 Å². The molecular formula is C48H64ClN6O10+. The molecule has 2 aromatic carbocycles. The van der Waals surface area contributed by atoms with Crippen molar-refractivity contribution in [1.29, 1.82) is 0 Å². The number of aromatic nitrogens is 2. The van der Waals surface area contributed by atoms with Crippen LogP contribution in [-0.2, 0) is 54.8 Å². The van der Waals surface area contributed by atoms with E-state index in [2.05, 4.69) is 21.3 Å². The number of benzene rings is 2.